The summed E-state index contributed by atoms with van der Waals surface area (Å²) in [4.78, 5) is 5.39. The van der Waals surface area contributed by atoms with Crippen LogP contribution >= 0.6 is 11.8 Å². The Bertz CT molecular complexity index is 529. The molecule has 2 aromatic rings. The Morgan fingerprint density at radius 1 is 1.25 bits per heavy atom. The summed E-state index contributed by atoms with van der Waals surface area (Å²) < 4.78 is 0. The Hall–Kier alpha value is -1.79. The molecule has 0 aliphatic carbocycles. The first kappa shape index (κ1) is 10.7. The van der Waals surface area contributed by atoms with Crippen LogP contribution in [-0.2, 0) is 0 Å². The maximum atomic E-state index is 8.77. The summed E-state index contributed by atoms with van der Waals surface area (Å²) in [7, 11) is 0. The molecule has 0 N–H and O–H groups in total. The first-order chi connectivity index (χ1) is 7.79. The van der Waals surface area contributed by atoms with Crippen molar-refractivity contribution in [2.75, 3.05) is 0 Å². The van der Waals surface area contributed by atoms with Crippen LogP contribution in [0.4, 0.5) is 0 Å². The second kappa shape index (κ2) is 4.82. The fraction of sp³-hybridized carbons (Fsp3) is 0.0769. The maximum absolute atomic E-state index is 8.77. The van der Waals surface area contributed by atoms with Crippen LogP contribution < -0.4 is 0 Å². The van der Waals surface area contributed by atoms with Gasteiger partial charge < -0.3 is 0 Å². The third-order valence-corrected chi connectivity index (χ3v) is 3.28. The van der Waals surface area contributed by atoms with Crippen LogP contribution in [0.3, 0.4) is 0 Å². The van der Waals surface area contributed by atoms with Crippen molar-refractivity contribution in [2.45, 2.75) is 16.8 Å². The van der Waals surface area contributed by atoms with Crippen LogP contribution in [0.2, 0.25) is 0 Å². The van der Waals surface area contributed by atoms with Crippen molar-refractivity contribution < 1.29 is 0 Å². The van der Waals surface area contributed by atoms with Crippen molar-refractivity contribution in [1.82, 2.24) is 4.98 Å². The van der Waals surface area contributed by atoms with E-state index in [2.05, 4.69) is 11.1 Å². The van der Waals surface area contributed by atoms with Crippen LogP contribution in [0.25, 0.3) is 0 Å². The lowest BCUT2D eigenvalue weighted by Crippen LogP contribution is -1.83. The van der Waals surface area contributed by atoms with E-state index >= 15 is 0 Å². The third kappa shape index (κ3) is 2.41. The Morgan fingerprint density at radius 2 is 2.12 bits per heavy atom. The molecule has 0 amide bonds. The molecule has 16 heavy (non-hydrogen) atoms. The number of rotatable bonds is 2. The van der Waals surface area contributed by atoms with E-state index in [4.69, 9.17) is 5.26 Å². The predicted molar refractivity (Wildman–Crippen MR) is 64.3 cm³/mol. The van der Waals surface area contributed by atoms with Crippen LogP contribution in [0, 0.1) is 18.3 Å². The molecule has 0 saturated carbocycles. The zero-order chi connectivity index (χ0) is 11.4. The normalized spacial score (nSPS) is 9.75. The van der Waals surface area contributed by atoms with E-state index in [-0.39, 0.29) is 0 Å². The highest BCUT2D eigenvalue weighted by Crippen LogP contribution is 2.28. The van der Waals surface area contributed by atoms with Gasteiger partial charge in [0.25, 0.3) is 0 Å². The van der Waals surface area contributed by atoms with Crippen molar-refractivity contribution in [3.8, 4) is 6.07 Å². The second-order valence-corrected chi connectivity index (χ2v) is 4.42. The van der Waals surface area contributed by atoms with E-state index in [1.54, 1.807) is 18.0 Å². The molecule has 3 heteroatoms. The minimum atomic E-state index is 0.697. The molecule has 1 heterocycles. The number of pyridine rings is 1. The number of nitrogens with zero attached hydrogens (tertiary/aromatic N) is 2. The highest BCUT2D eigenvalue weighted by atomic mass is 32.2. The van der Waals surface area contributed by atoms with Gasteiger partial charge in [-0.3, -0.25) is 0 Å². The van der Waals surface area contributed by atoms with E-state index in [1.165, 1.54) is 0 Å². The van der Waals surface area contributed by atoms with Gasteiger partial charge in [-0.2, -0.15) is 5.26 Å². The Labute approximate surface area is 99.0 Å². The van der Waals surface area contributed by atoms with Crippen molar-refractivity contribution >= 4 is 11.8 Å². The van der Waals surface area contributed by atoms with Crippen molar-refractivity contribution in [1.29, 1.82) is 5.26 Å². The molecule has 0 bridgehead atoms. The Balaban J connectivity index is 2.27. The number of benzene rings is 1. The van der Waals surface area contributed by atoms with Gasteiger partial charge in [0.05, 0.1) is 11.6 Å². The first-order valence-corrected chi connectivity index (χ1v) is 5.71. The van der Waals surface area contributed by atoms with Crippen molar-refractivity contribution in [3.63, 3.8) is 0 Å². The van der Waals surface area contributed by atoms with Crippen LogP contribution in [0.5, 0.6) is 0 Å². The molecule has 1 aromatic carbocycles. The van der Waals surface area contributed by atoms with Crippen LogP contribution in [0.15, 0.2) is 52.5 Å². The summed E-state index contributed by atoms with van der Waals surface area (Å²) in [5, 5.41) is 9.74. The van der Waals surface area contributed by atoms with Gasteiger partial charge in [-0.25, -0.2) is 4.98 Å². The van der Waals surface area contributed by atoms with Crippen molar-refractivity contribution in [2.24, 2.45) is 0 Å². The lowest BCUT2D eigenvalue weighted by Gasteiger charge is -2.04. The summed E-state index contributed by atoms with van der Waals surface area (Å²) in [5.41, 5.74) is 1.80. The summed E-state index contributed by atoms with van der Waals surface area (Å²) >= 11 is 1.61. The Morgan fingerprint density at radius 3 is 2.75 bits per heavy atom. The van der Waals surface area contributed by atoms with Crippen molar-refractivity contribution in [3.05, 3.63) is 53.7 Å². The summed E-state index contributed by atoms with van der Waals surface area (Å²) in [6.07, 6.45) is 1.78. The molecule has 0 atom stereocenters. The second-order valence-electron chi connectivity index (χ2n) is 3.36. The molecule has 2 nitrogen and oxygen atoms in total. The molecule has 0 fully saturated rings. The smallest absolute Gasteiger partial charge is 0.101 e. The molecule has 2 rings (SSSR count). The summed E-state index contributed by atoms with van der Waals surface area (Å²) in [6.45, 7) is 2.01. The SMILES string of the molecule is Cc1cc(C#N)ccc1Sc1ccccn1. The molecular formula is C13H10N2S. The van der Waals surface area contributed by atoms with Gasteiger partial charge in [-0.05, 0) is 42.8 Å². The average molecular weight is 226 g/mol. The van der Waals surface area contributed by atoms with E-state index in [1.807, 2.05) is 43.3 Å². The van der Waals surface area contributed by atoms with Gasteiger partial charge in [-0.15, -0.1) is 0 Å². The van der Waals surface area contributed by atoms with Gasteiger partial charge in [0.1, 0.15) is 5.03 Å². The number of aromatic nitrogens is 1. The zero-order valence-electron chi connectivity index (χ0n) is 8.84. The molecule has 0 unspecified atom stereocenters. The molecule has 1 aromatic heterocycles. The number of hydrogen-bond acceptors (Lipinski definition) is 3. The monoisotopic (exact) mass is 226 g/mol. The summed E-state index contributed by atoms with van der Waals surface area (Å²) in [5.74, 6) is 0. The molecule has 0 aliphatic rings. The van der Waals surface area contributed by atoms with E-state index in [0.717, 1.165) is 15.5 Å². The zero-order valence-corrected chi connectivity index (χ0v) is 9.66. The molecule has 0 radical (unpaired) electrons. The van der Waals surface area contributed by atoms with Gasteiger partial charge in [-0.1, -0.05) is 17.8 Å². The van der Waals surface area contributed by atoms with Crippen LogP contribution in [-0.4, -0.2) is 4.98 Å². The number of aryl methyl sites for hydroxylation is 1. The van der Waals surface area contributed by atoms with Gasteiger partial charge in [0.2, 0.25) is 0 Å². The highest BCUT2D eigenvalue weighted by Gasteiger charge is 2.02. The quantitative estimate of drug-likeness (QED) is 0.787. The van der Waals surface area contributed by atoms with Gasteiger partial charge in [0.15, 0.2) is 0 Å². The molecular weight excluding hydrogens is 216 g/mol. The predicted octanol–water partition coefficient (Wildman–Crippen LogP) is 3.41. The van der Waals surface area contributed by atoms with E-state index in [0.29, 0.717) is 5.56 Å². The largest absolute Gasteiger partial charge is 0.250 e. The standard InChI is InChI=1S/C13H10N2S/c1-10-8-11(9-14)5-6-12(10)16-13-4-2-3-7-15-13/h2-8H,1H3. The topological polar surface area (TPSA) is 36.7 Å². The fourth-order valence-electron chi connectivity index (χ4n) is 1.35. The fourth-order valence-corrected chi connectivity index (χ4v) is 2.20. The molecule has 78 valence electrons. The first-order valence-electron chi connectivity index (χ1n) is 4.89. The molecule has 0 spiro atoms. The maximum Gasteiger partial charge on any atom is 0.101 e. The minimum absolute atomic E-state index is 0.697. The number of nitriles is 1. The van der Waals surface area contributed by atoms with Gasteiger partial charge in [0, 0.05) is 11.1 Å². The van der Waals surface area contributed by atoms with E-state index < -0.39 is 0 Å². The number of hydrogen-bond donors (Lipinski definition) is 0. The van der Waals surface area contributed by atoms with E-state index in [9.17, 15) is 0 Å². The Kier molecular flexibility index (Phi) is 3.23. The molecule has 0 aliphatic heterocycles. The lowest BCUT2D eigenvalue weighted by molar-refractivity contribution is 1.13. The van der Waals surface area contributed by atoms with Crippen LogP contribution in [0.1, 0.15) is 11.1 Å². The molecule has 0 saturated heterocycles. The third-order valence-electron chi connectivity index (χ3n) is 2.16. The summed E-state index contributed by atoms with van der Waals surface area (Å²) in [6, 6.07) is 13.7. The van der Waals surface area contributed by atoms with Gasteiger partial charge >= 0.3 is 0 Å². The average Bonchev–Trinajstić information content (AvgIpc) is 2.33. The minimum Gasteiger partial charge on any atom is -0.250 e. The lowest BCUT2D eigenvalue weighted by atomic mass is 10.2. The highest BCUT2D eigenvalue weighted by molar-refractivity contribution is 7.99.